The van der Waals surface area contributed by atoms with E-state index in [-0.39, 0.29) is 5.75 Å². The number of rotatable bonds is 9. The number of pyridine rings is 3. The minimum absolute atomic E-state index is 0.173. The van der Waals surface area contributed by atoms with Gasteiger partial charge in [-0.2, -0.15) is 0 Å². The second kappa shape index (κ2) is 17.0. The van der Waals surface area contributed by atoms with Crippen LogP contribution in [0, 0.1) is 13.8 Å². The molecule has 10 aromatic rings. The summed E-state index contributed by atoms with van der Waals surface area (Å²) in [7, 11) is 0. The lowest BCUT2D eigenvalue weighted by Crippen LogP contribution is -1.95. The Balaban J connectivity index is 1.15. The van der Waals surface area contributed by atoms with Gasteiger partial charge in [0.05, 0.1) is 17.1 Å². The van der Waals surface area contributed by atoms with E-state index in [1.54, 1.807) is 12.3 Å². The highest BCUT2D eigenvalue weighted by Gasteiger charge is 2.19. The molecule has 0 bridgehead atoms. The van der Waals surface area contributed by atoms with Crippen LogP contribution in [0.4, 0.5) is 0 Å². The molecule has 0 spiro atoms. The average molecular weight is 810 g/mol. The van der Waals surface area contributed by atoms with Crippen molar-refractivity contribution >= 4 is 0 Å². The van der Waals surface area contributed by atoms with E-state index < -0.39 is 0 Å². The van der Waals surface area contributed by atoms with Gasteiger partial charge >= 0.3 is 0 Å². The highest BCUT2D eigenvalue weighted by Crippen LogP contribution is 2.44. The fourth-order valence-corrected chi connectivity index (χ4v) is 8.63. The van der Waals surface area contributed by atoms with Gasteiger partial charge in [0.2, 0.25) is 0 Å². The maximum absolute atomic E-state index is 11.7. The monoisotopic (exact) mass is 809 g/mol. The van der Waals surface area contributed by atoms with E-state index in [0.717, 1.165) is 106 Å². The van der Waals surface area contributed by atoms with Crippen LogP contribution in [0.25, 0.3) is 101 Å². The van der Waals surface area contributed by atoms with Crippen molar-refractivity contribution in [2.45, 2.75) is 13.8 Å². The van der Waals surface area contributed by atoms with E-state index in [1.807, 2.05) is 85.2 Å². The molecule has 3 heterocycles. The first-order chi connectivity index (χ1) is 31.0. The number of aromatic nitrogens is 3. The molecule has 0 aliphatic rings. The summed E-state index contributed by atoms with van der Waals surface area (Å²) in [6.45, 7) is 4.33. The molecule has 1 N–H and O–H groups in total. The van der Waals surface area contributed by atoms with E-state index in [1.165, 1.54) is 0 Å². The molecule has 4 nitrogen and oxygen atoms in total. The summed E-state index contributed by atoms with van der Waals surface area (Å²) in [6, 6.07) is 69.0. The molecule has 0 unspecified atom stereocenters. The van der Waals surface area contributed by atoms with Crippen LogP contribution in [0.3, 0.4) is 0 Å². The Morgan fingerprint density at radius 1 is 0.270 bits per heavy atom. The molecule has 3 aromatic heterocycles. The Morgan fingerprint density at radius 3 is 0.889 bits per heavy atom. The first-order valence-electron chi connectivity index (χ1n) is 21.2. The summed E-state index contributed by atoms with van der Waals surface area (Å²) < 4.78 is 0. The van der Waals surface area contributed by atoms with Gasteiger partial charge in [0.25, 0.3) is 0 Å². The Hall–Kier alpha value is -8.21. The average Bonchev–Trinajstić information content (AvgIpc) is 3.34. The van der Waals surface area contributed by atoms with Crippen LogP contribution >= 0.6 is 0 Å². The Morgan fingerprint density at radius 2 is 0.556 bits per heavy atom. The second-order valence-electron chi connectivity index (χ2n) is 15.9. The molecule has 0 fully saturated rings. The van der Waals surface area contributed by atoms with E-state index in [2.05, 4.69) is 135 Å². The topological polar surface area (TPSA) is 58.9 Å². The quantitative estimate of drug-likeness (QED) is 0.158. The predicted molar refractivity (Wildman–Crippen MR) is 260 cm³/mol. The summed E-state index contributed by atoms with van der Waals surface area (Å²) in [6.07, 6.45) is 5.81. The van der Waals surface area contributed by atoms with Gasteiger partial charge in [0.15, 0.2) is 0 Å². The van der Waals surface area contributed by atoms with Crippen LogP contribution in [0.1, 0.15) is 11.1 Å². The fraction of sp³-hybridized carbons (Fsp3) is 0.0339. The van der Waals surface area contributed by atoms with Gasteiger partial charge in [0, 0.05) is 58.0 Å². The fourth-order valence-electron chi connectivity index (χ4n) is 8.63. The van der Waals surface area contributed by atoms with Crippen molar-refractivity contribution in [1.82, 2.24) is 15.0 Å². The molecular formula is C59H43N3O. The van der Waals surface area contributed by atoms with Crippen molar-refractivity contribution in [3.63, 3.8) is 0 Å². The third kappa shape index (κ3) is 7.82. The number of aryl methyl sites for hydroxylation is 2. The zero-order valence-electron chi connectivity index (χ0n) is 35.1. The van der Waals surface area contributed by atoms with E-state index in [9.17, 15) is 5.11 Å². The van der Waals surface area contributed by atoms with Crippen molar-refractivity contribution < 1.29 is 5.11 Å². The van der Waals surface area contributed by atoms with Gasteiger partial charge in [-0.1, -0.05) is 164 Å². The standard InChI is InChI=1S/C59H43N3O/c1-39-30-56(41-18-6-3-7-19-41)60-36-53(39)50-27-15-12-24-47(50)44-32-45(48-25-13-16-28-51(48)54-37-61-57(31-40(54)2)42-20-8-4-9-21-42)34-46(33-44)49-26-14-17-29-52(49)55-38-62-58(35-59(55)63)43-22-10-5-11-23-43/h3-38H,1-2H3,(H,62,63). The molecule has 10 rings (SSSR count). The van der Waals surface area contributed by atoms with Gasteiger partial charge < -0.3 is 5.11 Å². The molecule has 300 valence electrons. The lowest BCUT2D eigenvalue weighted by molar-refractivity contribution is 0.477. The number of benzene rings is 7. The van der Waals surface area contributed by atoms with Crippen LogP contribution in [0.5, 0.6) is 5.75 Å². The normalized spacial score (nSPS) is 11.1. The lowest BCUT2D eigenvalue weighted by Gasteiger charge is -2.19. The first-order valence-corrected chi connectivity index (χ1v) is 21.2. The lowest BCUT2D eigenvalue weighted by atomic mass is 9.85. The van der Waals surface area contributed by atoms with Gasteiger partial charge in [-0.25, -0.2) is 0 Å². The van der Waals surface area contributed by atoms with Crippen LogP contribution in [-0.2, 0) is 0 Å². The van der Waals surface area contributed by atoms with Crippen LogP contribution in [0.2, 0.25) is 0 Å². The molecule has 4 heteroatoms. The molecule has 0 aliphatic carbocycles. The van der Waals surface area contributed by atoms with Crippen molar-refractivity contribution in [1.29, 1.82) is 0 Å². The number of nitrogens with zero attached hydrogens (tertiary/aromatic N) is 3. The number of hydrogen-bond donors (Lipinski definition) is 1. The molecule has 7 aromatic carbocycles. The third-order valence-electron chi connectivity index (χ3n) is 11.8. The SMILES string of the molecule is Cc1cc(-c2ccccc2)ncc1-c1ccccc1-c1cc(-c2ccccc2-c2cnc(-c3ccccc3)cc2C)cc(-c2ccccc2-c2cnc(-c3ccccc3)cc2O)c1. The maximum Gasteiger partial charge on any atom is 0.127 e. The highest BCUT2D eigenvalue weighted by molar-refractivity contribution is 5.95. The minimum Gasteiger partial charge on any atom is -0.507 e. The largest absolute Gasteiger partial charge is 0.507 e. The molecule has 0 radical (unpaired) electrons. The Bertz CT molecular complexity index is 2890. The van der Waals surface area contributed by atoms with Gasteiger partial charge in [-0.3, -0.25) is 15.0 Å². The molecule has 63 heavy (non-hydrogen) atoms. The maximum atomic E-state index is 11.7. The second-order valence-corrected chi connectivity index (χ2v) is 15.9. The summed E-state index contributed by atoms with van der Waals surface area (Å²) in [5.41, 5.74) is 20.2. The predicted octanol–water partition coefficient (Wildman–Crippen LogP) is 15.2. The van der Waals surface area contributed by atoms with Crippen LogP contribution in [-0.4, -0.2) is 20.1 Å². The Labute approximate surface area is 368 Å². The molecule has 0 amide bonds. The first kappa shape index (κ1) is 39.0. The van der Waals surface area contributed by atoms with E-state index in [4.69, 9.17) is 15.0 Å². The van der Waals surface area contributed by atoms with Crippen LogP contribution < -0.4 is 0 Å². The number of aromatic hydroxyl groups is 1. The van der Waals surface area contributed by atoms with Gasteiger partial charge in [-0.15, -0.1) is 0 Å². The smallest absolute Gasteiger partial charge is 0.127 e. The summed E-state index contributed by atoms with van der Waals surface area (Å²) >= 11 is 0. The summed E-state index contributed by atoms with van der Waals surface area (Å²) in [5.74, 6) is 0.173. The van der Waals surface area contributed by atoms with Crippen molar-refractivity contribution in [3.8, 4) is 106 Å². The zero-order valence-corrected chi connectivity index (χ0v) is 35.1. The summed E-state index contributed by atoms with van der Waals surface area (Å²) in [5, 5.41) is 11.7. The highest BCUT2D eigenvalue weighted by atomic mass is 16.3. The molecular weight excluding hydrogens is 767 g/mol. The zero-order chi connectivity index (χ0) is 42.7. The summed E-state index contributed by atoms with van der Waals surface area (Å²) in [4.78, 5) is 14.8. The van der Waals surface area contributed by atoms with Gasteiger partial charge in [-0.05, 0) is 105 Å². The van der Waals surface area contributed by atoms with E-state index in [0.29, 0.717) is 5.56 Å². The number of hydrogen-bond acceptors (Lipinski definition) is 4. The van der Waals surface area contributed by atoms with Crippen molar-refractivity contribution in [2.24, 2.45) is 0 Å². The molecule has 0 atom stereocenters. The molecule has 0 saturated heterocycles. The minimum atomic E-state index is 0.173. The van der Waals surface area contributed by atoms with Crippen molar-refractivity contribution in [2.75, 3.05) is 0 Å². The van der Waals surface area contributed by atoms with E-state index >= 15 is 0 Å². The Kier molecular flexibility index (Phi) is 10.5. The third-order valence-corrected chi connectivity index (χ3v) is 11.8. The molecule has 0 aliphatic heterocycles. The van der Waals surface area contributed by atoms with Gasteiger partial charge in [0.1, 0.15) is 5.75 Å². The van der Waals surface area contributed by atoms with Crippen LogP contribution in [0.15, 0.2) is 219 Å². The molecule has 0 saturated carbocycles. The van der Waals surface area contributed by atoms with Crippen molar-refractivity contribution in [3.05, 3.63) is 230 Å².